The van der Waals surface area contributed by atoms with Gasteiger partial charge in [-0.05, 0) is 18.4 Å². The van der Waals surface area contributed by atoms with Crippen LogP contribution in [0.15, 0.2) is 17.3 Å². The molecule has 194 valence electrons. The molecule has 0 saturated carbocycles. The minimum absolute atomic E-state index is 0.0160. The van der Waals surface area contributed by atoms with Gasteiger partial charge in [-0.3, -0.25) is 4.57 Å². The lowest BCUT2D eigenvalue weighted by Crippen LogP contribution is -2.37. The minimum Gasteiger partial charge on any atom is -0.756 e. The Morgan fingerprint density at radius 2 is 1.58 bits per heavy atom. The molecule has 0 aliphatic carbocycles. The third-order valence-corrected chi connectivity index (χ3v) is 6.28. The molecular formula is C23H47N4O5P. The zero-order chi connectivity index (χ0) is 25.0. The maximum Gasteiger partial charge on any atom is 0.268 e. The van der Waals surface area contributed by atoms with Crippen LogP contribution >= 0.6 is 7.82 Å². The maximum atomic E-state index is 11.9. The van der Waals surface area contributed by atoms with Crippen LogP contribution in [-0.4, -0.2) is 62.6 Å². The Labute approximate surface area is 201 Å². The average molecular weight is 491 g/mol. The molecule has 0 amide bonds. The van der Waals surface area contributed by atoms with Crippen LogP contribution in [-0.2, 0) is 13.6 Å². The molecule has 0 aromatic carbocycles. The molecule has 0 aromatic rings. The summed E-state index contributed by atoms with van der Waals surface area (Å²) in [6.07, 6.45) is 17.1. The van der Waals surface area contributed by atoms with Gasteiger partial charge in [-0.15, -0.1) is 0 Å². The molecule has 0 saturated heterocycles. The molecule has 0 spiro atoms. The van der Waals surface area contributed by atoms with E-state index in [4.69, 9.17) is 14.6 Å². The van der Waals surface area contributed by atoms with Crippen molar-refractivity contribution in [1.82, 2.24) is 0 Å². The lowest BCUT2D eigenvalue weighted by Gasteiger charge is -2.28. The molecule has 10 heteroatoms. The van der Waals surface area contributed by atoms with Crippen LogP contribution in [0.25, 0.3) is 10.4 Å². The summed E-state index contributed by atoms with van der Waals surface area (Å²) in [5, 5.41) is 13.7. The second-order valence-electron chi connectivity index (χ2n) is 9.61. The highest BCUT2D eigenvalue weighted by Crippen LogP contribution is 2.38. The van der Waals surface area contributed by atoms with Gasteiger partial charge in [0.15, 0.2) is 0 Å². The van der Waals surface area contributed by atoms with Gasteiger partial charge >= 0.3 is 0 Å². The molecule has 0 rings (SSSR count). The van der Waals surface area contributed by atoms with E-state index < -0.39 is 26.6 Å². The number of azide groups is 1. The molecule has 9 nitrogen and oxygen atoms in total. The first kappa shape index (κ1) is 32.1. The molecule has 0 heterocycles. The van der Waals surface area contributed by atoms with E-state index in [1.165, 1.54) is 63.9 Å². The van der Waals surface area contributed by atoms with E-state index in [9.17, 15) is 14.6 Å². The average Bonchev–Trinajstić information content (AvgIpc) is 2.73. The standard InChI is InChI=1S/C23H47N4O5P/c1-5-6-7-8-9-10-11-12-13-14-15-16-17-18-23(28)22(25-26-24)21-32-33(29,30)31-20-19-27(2,3)4/h17-18,22-23,28H,5-16,19-21H2,1-4H3/b18-17+/t22-,23-/m1/s1. The van der Waals surface area contributed by atoms with Crippen LogP contribution in [0.2, 0.25) is 0 Å². The monoisotopic (exact) mass is 490 g/mol. The third kappa shape index (κ3) is 21.4. The highest BCUT2D eigenvalue weighted by molar-refractivity contribution is 7.45. The lowest BCUT2D eigenvalue weighted by atomic mass is 10.0. The van der Waals surface area contributed by atoms with E-state index in [2.05, 4.69) is 16.9 Å². The first-order chi connectivity index (χ1) is 15.6. The van der Waals surface area contributed by atoms with Crippen molar-refractivity contribution in [3.05, 3.63) is 22.6 Å². The number of aliphatic hydroxyl groups excluding tert-OH is 1. The number of phosphoric acid groups is 1. The number of hydrogen-bond donors (Lipinski definition) is 1. The molecule has 0 aliphatic heterocycles. The molecule has 1 N–H and O–H groups in total. The van der Waals surface area contributed by atoms with Gasteiger partial charge in [-0.1, -0.05) is 88.4 Å². The number of aliphatic hydroxyl groups is 1. The quantitative estimate of drug-likeness (QED) is 0.0408. The van der Waals surface area contributed by atoms with Gasteiger partial charge in [0.05, 0.1) is 39.9 Å². The maximum absolute atomic E-state index is 11.9. The van der Waals surface area contributed by atoms with E-state index in [-0.39, 0.29) is 6.61 Å². The van der Waals surface area contributed by atoms with Crippen molar-refractivity contribution in [2.75, 3.05) is 40.9 Å². The molecule has 0 aliphatic rings. The van der Waals surface area contributed by atoms with E-state index in [1.807, 2.05) is 27.2 Å². The van der Waals surface area contributed by atoms with Crippen LogP contribution in [0, 0.1) is 0 Å². The predicted molar refractivity (Wildman–Crippen MR) is 132 cm³/mol. The SMILES string of the molecule is CCCCCCCCCCCCC/C=C/[C@@H](O)[C@@H](COP(=O)([O-])OCC[N+](C)(C)C)N=[N+]=[N-]. The zero-order valence-electron chi connectivity index (χ0n) is 21.2. The summed E-state index contributed by atoms with van der Waals surface area (Å²) in [4.78, 5) is 14.6. The zero-order valence-corrected chi connectivity index (χ0v) is 22.1. The number of nitrogens with zero attached hydrogens (tertiary/aromatic N) is 4. The Bertz CT molecular complexity index is 606. The van der Waals surface area contributed by atoms with Crippen molar-refractivity contribution in [2.24, 2.45) is 5.11 Å². The predicted octanol–water partition coefficient (Wildman–Crippen LogP) is 5.49. The van der Waals surface area contributed by atoms with Gasteiger partial charge < -0.3 is 23.5 Å². The van der Waals surface area contributed by atoms with E-state index in [0.29, 0.717) is 11.0 Å². The second-order valence-corrected chi connectivity index (χ2v) is 11.0. The lowest BCUT2D eigenvalue weighted by molar-refractivity contribution is -0.870. The highest BCUT2D eigenvalue weighted by atomic mass is 31.2. The molecule has 0 radical (unpaired) electrons. The Kier molecular flexibility index (Phi) is 18.9. The van der Waals surface area contributed by atoms with Gasteiger partial charge in [0, 0.05) is 4.91 Å². The van der Waals surface area contributed by atoms with Gasteiger partial charge in [-0.2, -0.15) is 0 Å². The summed E-state index contributed by atoms with van der Waals surface area (Å²) in [5.41, 5.74) is 8.72. The summed E-state index contributed by atoms with van der Waals surface area (Å²) in [7, 11) is 1.21. The Morgan fingerprint density at radius 3 is 2.09 bits per heavy atom. The van der Waals surface area contributed by atoms with Crippen molar-refractivity contribution in [3.63, 3.8) is 0 Å². The van der Waals surface area contributed by atoms with Gasteiger partial charge in [0.25, 0.3) is 7.82 Å². The van der Waals surface area contributed by atoms with Crippen molar-refractivity contribution in [1.29, 1.82) is 0 Å². The van der Waals surface area contributed by atoms with Crippen LogP contribution in [0.4, 0.5) is 0 Å². The van der Waals surface area contributed by atoms with Crippen LogP contribution in [0.5, 0.6) is 0 Å². The number of rotatable bonds is 22. The summed E-state index contributed by atoms with van der Waals surface area (Å²) >= 11 is 0. The molecule has 0 bridgehead atoms. The second kappa shape index (κ2) is 19.4. The largest absolute Gasteiger partial charge is 0.756 e. The minimum atomic E-state index is -4.53. The molecule has 3 atom stereocenters. The van der Waals surface area contributed by atoms with E-state index in [1.54, 1.807) is 0 Å². The smallest absolute Gasteiger partial charge is 0.268 e. The fraction of sp³-hybridized carbons (Fsp3) is 0.913. The van der Waals surface area contributed by atoms with Gasteiger partial charge in [0.1, 0.15) is 13.2 Å². The van der Waals surface area contributed by atoms with Crippen molar-refractivity contribution in [3.8, 4) is 0 Å². The topological polar surface area (TPSA) is 128 Å². The number of hydrogen-bond acceptors (Lipinski definition) is 6. The van der Waals surface area contributed by atoms with Crippen LogP contribution in [0.3, 0.4) is 0 Å². The molecule has 33 heavy (non-hydrogen) atoms. The highest BCUT2D eigenvalue weighted by Gasteiger charge is 2.20. The number of likely N-dealkylation sites (N-methyl/N-ethyl adjacent to an activating group) is 1. The Balaban J connectivity index is 4.06. The Hall–Kier alpha value is -0.920. The fourth-order valence-corrected chi connectivity index (χ4v) is 3.90. The Morgan fingerprint density at radius 1 is 1.03 bits per heavy atom. The molecule has 0 aromatic heterocycles. The molecular weight excluding hydrogens is 443 g/mol. The first-order valence-corrected chi connectivity index (χ1v) is 13.9. The number of allylic oxidation sites excluding steroid dienone is 1. The van der Waals surface area contributed by atoms with Crippen molar-refractivity contribution < 1.29 is 28.1 Å². The number of phosphoric ester groups is 1. The summed E-state index contributed by atoms with van der Waals surface area (Å²) < 4.78 is 22.1. The summed E-state index contributed by atoms with van der Waals surface area (Å²) in [6.45, 7) is 2.23. The third-order valence-electron chi connectivity index (χ3n) is 5.32. The van der Waals surface area contributed by atoms with Gasteiger partial charge in [-0.25, -0.2) is 0 Å². The van der Waals surface area contributed by atoms with E-state index in [0.717, 1.165) is 19.3 Å². The first-order valence-electron chi connectivity index (χ1n) is 12.4. The number of unbranched alkanes of at least 4 members (excludes halogenated alkanes) is 11. The van der Waals surface area contributed by atoms with E-state index >= 15 is 0 Å². The van der Waals surface area contributed by atoms with Crippen molar-refractivity contribution in [2.45, 2.75) is 96.1 Å². The molecule has 1 unspecified atom stereocenters. The fourth-order valence-electron chi connectivity index (χ4n) is 3.19. The molecule has 0 fully saturated rings. The normalized spacial score (nSPS) is 15.8. The van der Waals surface area contributed by atoms with Crippen molar-refractivity contribution >= 4 is 7.82 Å². The van der Waals surface area contributed by atoms with Gasteiger partial charge in [0.2, 0.25) is 0 Å². The van der Waals surface area contributed by atoms with Crippen LogP contribution in [0.1, 0.15) is 84.0 Å². The summed E-state index contributed by atoms with van der Waals surface area (Å²) in [6, 6.07) is -1.05. The number of quaternary nitrogens is 1. The van der Waals surface area contributed by atoms with Crippen LogP contribution < -0.4 is 4.89 Å². The summed E-state index contributed by atoms with van der Waals surface area (Å²) in [5.74, 6) is 0.